The summed E-state index contributed by atoms with van der Waals surface area (Å²) in [5.41, 5.74) is 0.455. The van der Waals surface area contributed by atoms with Crippen molar-refractivity contribution in [3.05, 3.63) is 135 Å². The number of aliphatic hydroxyl groups is 1. The van der Waals surface area contributed by atoms with Gasteiger partial charge in [-0.3, -0.25) is 4.79 Å². The van der Waals surface area contributed by atoms with E-state index in [2.05, 4.69) is 21.2 Å². The number of hydrogen-bond acceptors (Lipinski definition) is 5. The molecule has 6 nitrogen and oxygen atoms in total. The van der Waals surface area contributed by atoms with Crippen molar-refractivity contribution in [2.45, 2.75) is 31.0 Å². The lowest BCUT2D eigenvalue weighted by atomic mass is 9.82. The van der Waals surface area contributed by atoms with Crippen LogP contribution < -0.4 is 10.1 Å². The summed E-state index contributed by atoms with van der Waals surface area (Å²) in [5.74, 6) is -1.14. The molecule has 1 aliphatic heterocycles. The minimum atomic E-state index is -1.50. The Kier molecular flexibility index (Phi) is 9.29. The van der Waals surface area contributed by atoms with E-state index in [0.717, 1.165) is 27.7 Å². The first kappa shape index (κ1) is 29.4. The van der Waals surface area contributed by atoms with Gasteiger partial charge >= 0.3 is 0 Å². The maximum absolute atomic E-state index is 14.4. The molecular formula is C33H29BrF2N2O4. The predicted molar refractivity (Wildman–Crippen MR) is 159 cm³/mol. The van der Waals surface area contributed by atoms with Crippen LogP contribution in [0.2, 0.25) is 0 Å². The van der Waals surface area contributed by atoms with Crippen LogP contribution in [0.25, 0.3) is 0 Å². The van der Waals surface area contributed by atoms with Crippen molar-refractivity contribution >= 4 is 27.7 Å². The molecule has 42 heavy (non-hydrogen) atoms. The third kappa shape index (κ3) is 6.53. The molecule has 2 atom stereocenters. The molecule has 0 saturated heterocycles. The van der Waals surface area contributed by atoms with Gasteiger partial charge in [0.15, 0.2) is 11.6 Å². The molecule has 0 aromatic heterocycles. The van der Waals surface area contributed by atoms with Crippen LogP contribution >= 0.6 is 15.9 Å². The molecular weight excluding hydrogens is 606 g/mol. The maximum Gasteiger partial charge on any atom is 0.252 e. The zero-order valence-electron chi connectivity index (χ0n) is 22.6. The quantitative estimate of drug-likeness (QED) is 0.190. The average Bonchev–Trinajstić information content (AvgIpc) is 3.39. The third-order valence-corrected chi connectivity index (χ3v) is 7.54. The van der Waals surface area contributed by atoms with E-state index in [9.17, 15) is 13.6 Å². The first-order valence-corrected chi connectivity index (χ1v) is 14.3. The summed E-state index contributed by atoms with van der Waals surface area (Å²) >= 11 is 3.45. The summed E-state index contributed by atoms with van der Waals surface area (Å²) in [7, 11) is 0. The Hall–Kier alpha value is -4.08. The van der Waals surface area contributed by atoms with Crippen LogP contribution in [0.1, 0.15) is 34.8 Å². The van der Waals surface area contributed by atoms with Crippen molar-refractivity contribution in [2.24, 2.45) is 4.99 Å². The molecule has 0 saturated carbocycles. The van der Waals surface area contributed by atoms with Crippen LogP contribution in [-0.2, 0) is 22.5 Å². The number of nitrogens with zero attached hydrogens (tertiary/aromatic N) is 1. The largest absolute Gasteiger partial charge is 0.494 e. The molecule has 9 heteroatoms. The minimum Gasteiger partial charge on any atom is -0.494 e. The number of aliphatic imine (C=N–C) groups is 1. The minimum absolute atomic E-state index is 0.0374. The lowest BCUT2D eigenvalue weighted by Gasteiger charge is -2.31. The van der Waals surface area contributed by atoms with Crippen molar-refractivity contribution in [3.63, 3.8) is 0 Å². The molecule has 0 spiro atoms. The second kappa shape index (κ2) is 13.3. The van der Waals surface area contributed by atoms with Gasteiger partial charge in [-0.2, -0.15) is 0 Å². The number of carbonyl (C=O) groups excluding carboxylic acids is 1. The smallest absolute Gasteiger partial charge is 0.252 e. The average molecular weight is 636 g/mol. The van der Waals surface area contributed by atoms with Crippen molar-refractivity contribution in [3.8, 4) is 5.75 Å². The summed E-state index contributed by atoms with van der Waals surface area (Å²) in [4.78, 5) is 19.1. The number of hydrogen-bond donors (Lipinski definition) is 2. The monoisotopic (exact) mass is 634 g/mol. The molecule has 1 heterocycles. The van der Waals surface area contributed by atoms with E-state index in [-0.39, 0.29) is 31.0 Å². The molecule has 0 bridgehead atoms. The van der Waals surface area contributed by atoms with Gasteiger partial charge in [0.05, 0.1) is 6.61 Å². The lowest BCUT2D eigenvalue weighted by Crippen LogP contribution is -2.49. The van der Waals surface area contributed by atoms with Gasteiger partial charge in [0, 0.05) is 41.6 Å². The fourth-order valence-corrected chi connectivity index (χ4v) is 5.11. The number of halogens is 3. The van der Waals surface area contributed by atoms with Gasteiger partial charge in [-0.25, -0.2) is 13.8 Å². The Labute approximate surface area is 251 Å². The van der Waals surface area contributed by atoms with Gasteiger partial charge in [-0.05, 0) is 59.7 Å². The van der Waals surface area contributed by atoms with Crippen molar-refractivity contribution in [2.75, 3.05) is 13.2 Å². The van der Waals surface area contributed by atoms with Gasteiger partial charge in [-0.1, -0.05) is 64.5 Å². The van der Waals surface area contributed by atoms with E-state index < -0.39 is 29.2 Å². The summed E-state index contributed by atoms with van der Waals surface area (Å²) < 4.78 is 41.9. The van der Waals surface area contributed by atoms with E-state index >= 15 is 0 Å². The fourth-order valence-electron chi connectivity index (χ4n) is 4.85. The molecule has 0 fully saturated rings. The van der Waals surface area contributed by atoms with E-state index in [4.69, 9.17) is 19.6 Å². The zero-order valence-corrected chi connectivity index (χ0v) is 24.2. The Balaban J connectivity index is 1.55. The maximum atomic E-state index is 14.4. The number of amides is 1. The highest BCUT2D eigenvalue weighted by Gasteiger charge is 2.53. The lowest BCUT2D eigenvalue weighted by molar-refractivity contribution is -0.129. The van der Waals surface area contributed by atoms with Crippen LogP contribution in [0.15, 0.2) is 107 Å². The highest BCUT2D eigenvalue weighted by Crippen LogP contribution is 2.42. The summed E-state index contributed by atoms with van der Waals surface area (Å²) in [6.07, 6.45) is -0.152. The number of ether oxygens (including phenoxy) is 2. The van der Waals surface area contributed by atoms with E-state index in [0.29, 0.717) is 24.3 Å². The molecule has 0 aliphatic carbocycles. The van der Waals surface area contributed by atoms with Gasteiger partial charge in [0.25, 0.3) is 5.91 Å². The Morgan fingerprint density at radius 1 is 0.952 bits per heavy atom. The Bertz CT molecular complexity index is 1530. The normalized spacial score (nSPS) is 17.8. The van der Waals surface area contributed by atoms with E-state index in [1.54, 1.807) is 24.3 Å². The standard InChI is InChI=1S/C33H29BrF2N2O4/c34-25-14-10-22(11-15-25)20-33(32(40)37-21-27-28(35)8-4-9-29(27)36)30(23-6-2-1-3-7-23)42-31(38-33)24-12-16-26(17-13-24)41-19-5-18-39/h1-4,6-17,30,39H,5,18-21H2,(H,37,40)/t30-,33-/m1/s1. The summed E-state index contributed by atoms with van der Waals surface area (Å²) in [6, 6.07) is 27.5. The molecule has 5 rings (SSSR count). The molecule has 0 radical (unpaired) electrons. The van der Waals surface area contributed by atoms with Crippen LogP contribution in [0.3, 0.4) is 0 Å². The molecule has 216 valence electrons. The SMILES string of the molecule is O=C(NCc1c(F)cccc1F)[C@]1(Cc2ccc(Br)cc2)N=C(c2ccc(OCCCO)cc2)O[C@@H]1c1ccccc1. The van der Waals surface area contributed by atoms with Gasteiger partial charge in [0.1, 0.15) is 17.4 Å². The zero-order chi connectivity index (χ0) is 29.5. The molecule has 4 aromatic rings. The van der Waals surface area contributed by atoms with Crippen molar-refractivity contribution in [1.82, 2.24) is 5.32 Å². The van der Waals surface area contributed by atoms with Gasteiger partial charge < -0.3 is 19.9 Å². The number of carbonyl (C=O) groups is 1. The van der Waals surface area contributed by atoms with E-state index in [1.165, 1.54) is 6.07 Å². The Morgan fingerprint density at radius 3 is 2.31 bits per heavy atom. The number of rotatable bonds is 11. The number of benzene rings is 4. The van der Waals surface area contributed by atoms with Gasteiger partial charge in [-0.15, -0.1) is 0 Å². The second-order valence-corrected chi connectivity index (χ2v) is 10.8. The molecule has 1 aliphatic rings. The van der Waals surface area contributed by atoms with E-state index in [1.807, 2.05) is 54.6 Å². The first-order chi connectivity index (χ1) is 20.4. The molecule has 2 N–H and O–H groups in total. The van der Waals surface area contributed by atoms with Crippen molar-refractivity contribution < 1.29 is 28.2 Å². The van der Waals surface area contributed by atoms with Crippen LogP contribution in [0.4, 0.5) is 8.78 Å². The van der Waals surface area contributed by atoms with Crippen molar-refractivity contribution in [1.29, 1.82) is 0 Å². The highest BCUT2D eigenvalue weighted by atomic mass is 79.9. The number of nitrogens with one attached hydrogen (secondary N) is 1. The van der Waals surface area contributed by atoms with Crippen LogP contribution in [0, 0.1) is 11.6 Å². The van der Waals surface area contributed by atoms with Crippen LogP contribution in [-0.4, -0.2) is 35.7 Å². The fraction of sp³-hybridized carbons (Fsp3) is 0.212. The molecule has 1 amide bonds. The predicted octanol–water partition coefficient (Wildman–Crippen LogP) is 6.30. The topological polar surface area (TPSA) is 80.2 Å². The molecule has 4 aromatic carbocycles. The second-order valence-electron chi connectivity index (χ2n) is 9.89. The summed E-state index contributed by atoms with van der Waals surface area (Å²) in [6.45, 7) is 0.0593. The third-order valence-electron chi connectivity index (χ3n) is 7.01. The van der Waals surface area contributed by atoms with Gasteiger partial charge in [0.2, 0.25) is 5.90 Å². The van der Waals surface area contributed by atoms with Crippen LogP contribution in [0.5, 0.6) is 5.75 Å². The first-order valence-electron chi connectivity index (χ1n) is 13.5. The highest BCUT2D eigenvalue weighted by molar-refractivity contribution is 9.10. The Morgan fingerprint density at radius 2 is 1.64 bits per heavy atom. The summed E-state index contributed by atoms with van der Waals surface area (Å²) in [5, 5.41) is 11.8. The number of aliphatic hydroxyl groups excluding tert-OH is 1. The molecule has 0 unspecified atom stereocenters.